The number of urea groups is 1. The van der Waals surface area contributed by atoms with Crippen LogP contribution in [0.3, 0.4) is 0 Å². The Morgan fingerprint density at radius 3 is 2.77 bits per heavy atom. The molecule has 3 N–H and O–H groups in total. The highest BCUT2D eigenvalue weighted by Crippen LogP contribution is 2.34. The number of hydrogen-bond acceptors (Lipinski definition) is 5. The van der Waals surface area contributed by atoms with E-state index in [9.17, 15) is 9.59 Å². The smallest absolute Gasteiger partial charge is 0.325 e. The van der Waals surface area contributed by atoms with Gasteiger partial charge in [0.15, 0.2) is 11.5 Å². The molecule has 26 heavy (non-hydrogen) atoms. The van der Waals surface area contributed by atoms with E-state index in [2.05, 4.69) is 16.0 Å². The van der Waals surface area contributed by atoms with Crippen molar-refractivity contribution in [3.63, 3.8) is 0 Å². The molecule has 0 unspecified atom stereocenters. The fraction of sp³-hybridized carbons (Fsp3) is 0.222. The molecular weight excluding hydrogens is 358 g/mol. The molecule has 0 spiro atoms. The van der Waals surface area contributed by atoms with Crippen LogP contribution in [0.15, 0.2) is 42.5 Å². The third-order valence-corrected chi connectivity index (χ3v) is 4.04. The molecule has 0 bridgehead atoms. The second-order valence-electron chi connectivity index (χ2n) is 5.73. The van der Waals surface area contributed by atoms with E-state index in [0.717, 1.165) is 5.56 Å². The van der Waals surface area contributed by atoms with Gasteiger partial charge < -0.3 is 20.1 Å². The minimum atomic E-state index is -0.619. The zero-order valence-corrected chi connectivity index (χ0v) is 14.8. The van der Waals surface area contributed by atoms with Crippen LogP contribution in [0.5, 0.6) is 11.5 Å². The Morgan fingerprint density at radius 1 is 1.15 bits per heavy atom. The van der Waals surface area contributed by atoms with Crippen LogP contribution < -0.4 is 25.4 Å². The molecular formula is C18H18ClN3O4. The lowest BCUT2D eigenvalue weighted by Crippen LogP contribution is -2.40. The highest BCUT2D eigenvalue weighted by molar-refractivity contribution is 6.30. The van der Waals surface area contributed by atoms with Crippen molar-refractivity contribution in [3.05, 3.63) is 53.1 Å². The van der Waals surface area contributed by atoms with Gasteiger partial charge in [0, 0.05) is 22.8 Å². The summed E-state index contributed by atoms with van der Waals surface area (Å²) in [6, 6.07) is 11.6. The quantitative estimate of drug-likeness (QED) is 0.747. The number of benzene rings is 2. The Balaban J connectivity index is 1.46. The van der Waals surface area contributed by atoms with Gasteiger partial charge in [-0.3, -0.25) is 10.1 Å². The van der Waals surface area contributed by atoms with Gasteiger partial charge in [-0.05, 0) is 36.8 Å². The van der Waals surface area contributed by atoms with Crippen LogP contribution in [-0.2, 0) is 4.79 Å². The normalized spacial score (nSPS) is 13.2. The molecule has 0 aromatic heterocycles. The van der Waals surface area contributed by atoms with E-state index in [-0.39, 0.29) is 19.4 Å². The Labute approximate surface area is 155 Å². The number of carbonyl (C=O) groups is 2. The summed E-state index contributed by atoms with van der Waals surface area (Å²) in [6.45, 7) is 2.05. The molecule has 2 aromatic rings. The van der Waals surface area contributed by atoms with Crippen molar-refractivity contribution in [2.24, 2.45) is 0 Å². The number of amides is 3. The first-order valence-corrected chi connectivity index (χ1v) is 8.38. The number of nitrogens with one attached hydrogen (secondary N) is 3. The molecule has 0 aliphatic carbocycles. The van der Waals surface area contributed by atoms with Crippen LogP contribution in [0.25, 0.3) is 0 Å². The topological polar surface area (TPSA) is 88.7 Å². The number of anilines is 1. The van der Waals surface area contributed by atoms with Crippen LogP contribution in [0.4, 0.5) is 10.5 Å². The predicted octanol–water partition coefficient (Wildman–Crippen LogP) is 3.07. The van der Waals surface area contributed by atoms with Crippen LogP contribution in [0, 0.1) is 0 Å². The zero-order valence-electron chi connectivity index (χ0n) is 14.0. The summed E-state index contributed by atoms with van der Waals surface area (Å²) in [7, 11) is 0. The number of halogens is 1. The van der Waals surface area contributed by atoms with Gasteiger partial charge in [-0.2, -0.15) is 0 Å². The Hall–Kier alpha value is -2.77. The molecule has 0 saturated heterocycles. The van der Waals surface area contributed by atoms with Crippen molar-refractivity contribution in [2.75, 3.05) is 18.7 Å². The summed E-state index contributed by atoms with van der Waals surface area (Å²) in [5.74, 6) is 0.717. The molecule has 1 aliphatic heterocycles. The monoisotopic (exact) mass is 375 g/mol. The molecule has 0 saturated carbocycles. The molecule has 0 radical (unpaired) electrons. The van der Waals surface area contributed by atoms with Crippen LogP contribution in [-0.4, -0.2) is 25.3 Å². The lowest BCUT2D eigenvalue weighted by molar-refractivity contribution is -0.119. The fourth-order valence-electron chi connectivity index (χ4n) is 2.45. The van der Waals surface area contributed by atoms with Gasteiger partial charge in [0.05, 0.1) is 6.54 Å². The van der Waals surface area contributed by atoms with Crippen molar-refractivity contribution in [1.29, 1.82) is 0 Å². The zero-order chi connectivity index (χ0) is 18.5. The van der Waals surface area contributed by atoms with E-state index < -0.39 is 11.9 Å². The molecule has 1 aliphatic rings. The number of imide groups is 1. The first-order chi connectivity index (χ1) is 12.5. The minimum Gasteiger partial charge on any atom is -0.454 e. The standard InChI is InChI=1S/C18H18ClN3O4/c1-11(12-3-2-4-13(19)7-12)20-9-17(23)22-18(24)21-14-5-6-15-16(8-14)26-10-25-15/h2-8,11,20H,9-10H2,1H3,(H2,21,22,23,24)/t11-/m0/s1. The average molecular weight is 376 g/mol. The molecule has 7 nitrogen and oxygen atoms in total. The van der Waals surface area contributed by atoms with Gasteiger partial charge in [0.25, 0.3) is 0 Å². The van der Waals surface area contributed by atoms with E-state index in [1.54, 1.807) is 24.3 Å². The summed E-state index contributed by atoms with van der Waals surface area (Å²) in [5, 5.41) is 8.51. The number of fused-ring (bicyclic) bond motifs is 1. The second-order valence-corrected chi connectivity index (χ2v) is 6.16. The molecule has 3 amide bonds. The van der Waals surface area contributed by atoms with Crippen molar-refractivity contribution < 1.29 is 19.1 Å². The summed E-state index contributed by atoms with van der Waals surface area (Å²) in [5.41, 5.74) is 1.45. The first-order valence-electron chi connectivity index (χ1n) is 8.00. The van der Waals surface area contributed by atoms with Crippen molar-refractivity contribution in [2.45, 2.75) is 13.0 Å². The maximum atomic E-state index is 11.9. The van der Waals surface area contributed by atoms with E-state index in [1.165, 1.54) is 0 Å². The highest BCUT2D eigenvalue weighted by atomic mass is 35.5. The molecule has 2 aromatic carbocycles. The minimum absolute atomic E-state index is 0.0117. The number of hydrogen-bond donors (Lipinski definition) is 3. The Bertz CT molecular complexity index is 828. The van der Waals surface area contributed by atoms with E-state index in [1.807, 2.05) is 25.1 Å². The van der Waals surface area contributed by atoms with Crippen LogP contribution in [0.2, 0.25) is 5.02 Å². The summed E-state index contributed by atoms with van der Waals surface area (Å²) in [6.07, 6.45) is 0. The SMILES string of the molecule is C[C@H](NCC(=O)NC(=O)Nc1ccc2c(c1)OCO2)c1cccc(Cl)c1. The largest absolute Gasteiger partial charge is 0.454 e. The molecule has 8 heteroatoms. The first kappa shape index (κ1) is 18.0. The van der Waals surface area contributed by atoms with Gasteiger partial charge in [-0.15, -0.1) is 0 Å². The fourth-order valence-corrected chi connectivity index (χ4v) is 2.65. The second kappa shape index (κ2) is 8.07. The Morgan fingerprint density at radius 2 is 1.96 bits per heavy atom. The molecule has 1 atom stereocenters. The average Bonchev–Trinajstić information content (AvgIpc) is 3.07. The van der Waals surface area contributed by atoms with Gasteiger partial charge >= 0.3 is 6.03 Å². The third kappa shape index (κ3) is 4.65. The summed E-state index contributed by atoms with van der Waals surface area (Å²) in [4.78, 5) is 23.9. The molecule has 3 rings (SSSR count). The van der Waals surface area contributed by atoms with Gasteiger partial charge in [-0.1, -0.05) is 23.7 Å². The number of carbonyl (C=O) groups excluding carboxylic acids is 2. The van der Waals surface area contributed by atoms with Crippen LogP contribution >= 0.6 is 11.6 Å². The van der Waals surface area contributed by atoms with E-state index in [4.69, 9.17) is 21.1 Å². The maximum Gasteiger partial charge on any atom is 0.325 e. The lowest BCUT2D eigenvalue weighted by atomic mass is 10.1. The Kier molecular flexibility index (Phi) is 5.60. The van der Waals surface area contributed by atoms with Gasteiger partial charge in [0.2, 0.25) is 12.7 Å². The third-order valence-electron chi connectivity index (χ3n) is 3.80. The summed E-state index contributed by atoms with van der Waals surface area (Å²) >= 11 is 5.96. The molecule has 1 heterocycles. The van der Waals surface area contributed by atoms with Crippen molar-refractivity contribution in [1.82, 2.24) is 10.6 Å². The maximum absolute atomic E-state index is 11.9. The highest BCUT2D eigenvalue weighted by Gasteiger charge is 2.15. The van der Waals surface area contributed by atoms with E-state index >= 15 is 0 Å². The van der Waals surface area contributed by atoms with E-state index in [0.29, 0.717) is 22.2 Å². The number of rotatable bonds is 5. The van der Waals surface area contributed by atoms with Crippen molar-refractivity contribution in [3.8, 4) is 11.5 Å². The van der Waals surface area contributed by atoms with Gasteiger partial charge in [0.1, 0.15) is 0 Å². The molecule has 0 fully saturated rings. The van der Waals surface area contributed by atoms with Gasteiger partial charge in [-0.25, -0.2) is 4.79 Å². The predicted molar refractivity (Wildman–Crippen MR) is 97.6 cm³/mol. The number of ether oxygens (including phenoxy) is 2. The van der Waals surface area contributed by atoms with Crippen LogP contribution in [0.1, 0.15) is 18.5 Å². The van der Waals surface area contributed by atoms with Crippen molar-refractivity contribution >= 4 is 29.2 Å². The summed E-state index contributed by atoms with van der Waals surface area (Å²) < 4.78 is 10.4. The lowest BCUT2D eigenvalue weighted by Gasteiger charge is -2.14. The molecule has 136 valence electrons.